The van der Waals surface area contributed by atoms with E-state index in [0.29, 0.717) is 5.92 Å². The molecule has 0 aromatic carbocycles. The molecule has 0 amide bonds. The molecule has 0 saturated heterocycles. The fraction of sp³-hybridized carbons (Fsp3) is 0.714. The van der Waals surface area contributed by atoms with Gasteiger partial charge in [-0.2, -0.15) is 0 Å². The highest BCUT2D eigenvalue weighted by atomic mass is 16.3. The number of aliphatic hydroxyl groups is 1. The van der Waals surface area contributed by atoms with Crippen LogP contribution in [-0.4, -0.2) is 11.7 Å². The molecule has 0 heterocycles. The smallest absolute Gasteiger partial charge is 0.0641 e. The van der Waals surface area contributed by atoms with Crippen molar-refractivity contribution in [1.82, 2.24) is 0 Å². The maximum absolute atomic E-state index is 8.54. The largest absolute Gasteiger partial charge is 0.392 e. The summed E-state index contributed by atoms with van der Waals surface area (Å²) in [4.78, 5) is 0. The average Bonchev–Trinajstić information content (AvgIpc) is 1.84. The van der Waals surface area contributed by atoms with E-state index in [0.717, 1.165) is 12.0 Å². The number of rotatable bonds is 3. The third-order valence-electron chi connectivity index (χ3n) is 1.51. The van der Waals surface area contributed by atoms with Crippen molar-refractivity contribution in [2.24, 2.45) is 5.92 Å². The van der Waals surface area contributed by atoms with Crippen LogP contribution in [0, 0.1) is 5.92 Å². The lowest BCUT2D eigenvalue weighted by molar-refractivity contribution is 0.315. The van der Waals surface area contributed by atoms with Gasteiger partial charge in [-0.05, 0) is 17.9 Å². The number of aliphatic hydroxyl groups excluding tert-OH is 1. The molecule has 0 aromatic heterocycles. The van der Waals surface area contributed by atoms with Crippen LogP contribution < -0.4 is 0 Å². The molecule has 1 nitrogen and oxygen atoms in total. The van der Waals surface area contributed by atoms with Gasteiger partial charge in [-0.1, -0.05) is 20.4 Å². The summed E-state index contributed by atoms with van der Waals surface area (Å²) in [5.74, 6) is 0.472. The zero-order valence-electron chi connectivity index (χ0n) is 5.65. The van der Waals surface area contributed by atoms with Gasteiger partial charge >= 0.3 is 0 Å². The Morgan fingerprint density at radius 3 is 2.38 bits per heavy atom. The Kier molecular flexibility index (Phi) is 3.53. The van der Waals surface area contributed by atoms with Crippen LogP contribution in [0.25, 0.3) is 0 Å². The maximum Gasteiger partial charge on any atom is 0.0641 e. The van der Waals surface area contributed by atoms with Crippen molar-refractivity contribution in [1.29, 1.82) is 0 Å². The summed E-state index contributed by atoms with van der Waals surface area (Å²) in [6, 6.07) is 0. The second kappa shape index (κ2) is 3.67. The molecule has 8 heavy (non-hydrogen) atoms. The molecule has 0 saturated carbocycles. The summed E-state index contributed by atoms with van der Waals surface area (Å²) < 4.78 is 0. The lowest BCUT2D eigenvalue weighted by Crippen LogP contribution is -1.99. The fourth-order valence-corrected chi connectivity index (χ4v) is 0.445. The van der Waals surface area contributed by atoms with Gasteiger partial charge in [0.25, 0.3) is 0 Å². The van der Waals surface area contributed by atoms with Gasteiger partial charge in [0.15, 0.2) is 0 Å². The topological polar surface area (TPSA) is 20.2 Å². The minimum Gasteiger partial charge on any atom is -0.392 e. The summed E-state index contributed by atoms with van der Waals surface area (Å²) in [6.07, 6.45) is 1.07. The van der Waals surface area contributed by atoms with Crippen LogP contribution in [0.15, 0.2) is 12.2 Å². The zero-order valence-corrected chi connectivity index (χ0v) is 5.65. The molecule has 0 aliphatic rings. The first kappa shape index (κ1) is 7.70. The van der Waals surface area contributed by atoms with Gasteiger partial charge in [0.1, 0.15) is 0 Å². The van der Waals surface area contributed by atoms with Crippen LogP contribution in [0.5, 0.6) is 0 Å². The maximum atomic E-state index is 8.54. The van der Waals surface area contributed by atoms with Crippen LogP contribution in [0.1, 0.15) is 20.3 Å². The summed E-state index contributed by atoms with van der Waals surface area (Å²) in [7, 11) is 0. The Labute approximate surface area is 51.0 Å². The molecule has 1 N–H and O–H groups in total. The van der Waals surface area contributed by atoms with Gasteiger partial charge in [0, 0.05) is 0 Å². The number of hydrogen-bond acceptors (Lipinski definition) is 1. The molecule has 0 radical (unpaired) electrons. The normalized spacial score (nSPS) is 13.4. The van der Waals surface area contributed by atoms with Crippen molar-refractivity contribution in [2.75, 3.05) is 6.61 Å². The monoisotopic (exact) mass is 114 g/mol. The van der Waals surface area contributed by atoms with Crippen LogP contribution >= 0.6 is 0 Å². The highest BCUT2D eigenvalue weighted by Crippen LogP contribution is 2.09. The van der Waals surface area contributed by atoms with E-state index >= 15 is 0 Å². The van der Waals surface area contributed by atoms with Crippen molar-refractivity contribution in [3.63, 3.8) is 0 Å². The molecule has 0 aliphatic heterocycles. The SMILES string of the molecule is C=C(CO)[C@H](C)CC. The summed E-state index contributed by atoms with van der Waals surface area (Å²) in [5.41, 5.74) is 0.938. The predicted octanol–water partition coefficient (Wildman–Crippen LogP) is 1.58. The molecule has 1 atom stereocenters. The zero-order chi connectivity index (χ0) is 6.57. The molecule has 0 aliphatic carbocycles. The van der Waals surface area contributed by atoms with Gasteiger partial charge < -0.3 is 5.11 Å². The second-order valence-corrected chi connectivity index (χ2v) is 2.13. The summed E-state index contributed by atoms with van der Waals surface area (Å²) in [6.45, 7) is 7.98. The molecule has 0 unspecified atom stereocenters. The van der Waals surface area contributed by atoms with Crippen LogP contribution in [0.3, 0.4) is 0 Å². The molecule has 1 heteroatoms. The Bertz CT molecular complexity index is 76.5. The van der Waals surface area contributed by atoms with E-state index in [4.69, 9.17) is 5.11 Å². The average molecular weight is 114 g/mol. The van der Waals surface area contributed by atoms with E-state index in [1.165, 1.54) is 0 Å². The minimum atomic E-state index is 0.134. The summed E-state index contributed by atoms with van der Waals surface area (Å²) in [5, 5.41) is 8.54. The molecule has 0 spiro atoms. The van der Waals surface area contributed by atoms with Crippen LogP contribution in [0.2, 0.25) is 0 Å². The van der Waals surface area contributed by atoms with E-state index in [1.54, 1.807) is 0 Å². The van der Waals surface area contributed by atoms with Crippen LogP contribution in [0.4, 0.5) is 0 Å². The van der Waals surface area contributed by atoms with Crippen molar-refractivity contribution < 1.29 is 5.11 Å². The van der Waals surface area contributed by atoms with Gasteiger partial charge in [-0.15, -0.1) is 0 Å². The first-order chi connectivity index (χ1) is 3.72. The third-order valence-corrected chi connectivity index (χ3v) is 1.51. The van der Waals surface area contributed by atoms with Crippen molar-refractivity contribution in [3.8, 4) is 0 Å². The molecule has 0 fully saturated rings. The Balaban J connectivity index is 3.46. The number of hydrogen-bond donors (Lipinski definition) is 1. The predicted molar refractivity (Wildman–Crippen MR) is 35.7 cm³/mol. The lowest BCUT2D eigenvalue weighted by Gasteiger charge is -2.07. The molecular formula is C7H14O. The van der Waals surface area contributed by atoms with E-state index in [-0.39, 0.29) is 6.61 Å². The van der Waals surface area contributed by atoms with Gasteiger partial charge in [-0.25, -0.2) is 0 Å². The first-order valence-electron chi connectivity index (χ1n) is 3.00. The molecule has 0 bridgehead atoms. The van der Waals surface area contributed by atoms with Gasteiger partial charge in [-0.3, -0.25) is 0 Å². The highest BCUT2D eigenvalue weighted by Gasteiger charge is 1.99. The van der Waals surface area contributed by atoms with E-state index in [9.17, 15) is 0 Å². The standard InChI is InChI=1S/C7H14O/c1-4-6(2)7(3)5-8/h6,8H,3-5H2,1-2H3/t6-/m1/s1. The van der Waals surface area contributed by atoms with Gasteiger partial charge in [0.2, 0.25) is 0 Å². The van der Waals surface area contributed by atoms with Gasteiger partial charge in [0.05, 0.1) is 6.61 Å². The summed E-state index contributed by atoms with van der Waals surface area (Å²) >= 11 is 0. The van der Waals surface area contributed by atoms with E-state index < -0.39 is 0 Å². The van der Waals surface area contributed by atoms with Crippen molar-refractivity contribution >= 4 is 0 Å². The molecular weight excluding hydrogens is 100 g/mol. The molecule has 0 rings (SSSR count). The second-order valence-electron chi connectivity index (χ2n) is 2.13. The quantitative estimate of drug-likeness (QED) is 0.552. The van der Waals surface area contributed by atoms with Crippen LogP contribution in [-0.2, 0) is 0 Å². The Morgan fingerprint density at radius 2 is 2.25 bits per heavy atom. The third kappa shape index (κ3) is 2.12. The van der Waals surface area contributed by atoms with Crippen molar-refractivity contribution in [2.45, 2.75) is 20.3 Å². The molecule has 48 valence electrons. The fourth-order valence-electron chi connectivity index (χ4n) is 0.445. The van der Waals surface area contributed by atoms with Crippen molar-refractivity contribution in [3.05, 3.63) is 12.2 Å². The highest BCUT2D eigenvalue weighted by molar-refractivity contribution is 4.97. The first-order valence-corrected chi connectivity index (χ1v) is 3.00. The van der Waals surface area contributed by atoms with E-state index in [2.05, 4.69) is 20.4 Å². The van der Waals surface area contributed by atoms with E-state index in [1.807, 2.05) is 0 Å². The lowest BCUT2D eigenvalue weighted by atomic mass is 10.0. The molecule has 0 aromatic rings. The minimum absolute atomic E-state index is 0.134. The Hall–Kier alpha value is -0.300. The Morgan fingerprint density at radius 1 is 1.75 bits per heavy atom.